The highest BCUT2D eigenvalue weighted by atomic mass is 32.2. The molecule has 0 saturated carbocycles. The van der Waals surface area contributed by atoms with Gasteiger partial charge in [-0.2, -0.15) is 4.31 Å². The lowest BCUT2D eigenvalue weighted by Crippen LogP contribution is -2.38. The molecule has 2 amide bonds. The number of nitrogens with zero attached hydrogens (tertiary/aromatic N) is 2. The molecule has 0 bridgehead atoms. The molecule has 0 radical (unpaired) electrons. The predicted octanol–water partition coefficient (Wildman–Crippen LogP) is 1.22. The monoisotopic (exact) mass is 380 g/mol. The van der Waals surface area contributed by atoms with Crippen LogP contribution in [0.15, 0.2) is 29.2 Å². The molecule has 0 atom stereocenters. The third kappa shape index (κ3) is 3.63. The van der Waals surface area contributed by atoms with Crippen LogP contribution >= 0.6 is 0 Å². The number of carbonyl (C=O) groups excluding carboxylic acids is 2. The number of carbonyl (C=O) groups is 3. The highest BCUT2D eigenvalue weighted by molar-refractivity contribution is 7.89. The van der Waals surface area contributed by atoms with E-state index in [4.69, 9.17) is 5.11 Å². The van der Waals surface area contributed by atoms with Crippen molar-refractivity contribution < 1.29 is 27.9 Å². The minimum absolute atomic E-state index is 0.00600. The molecule has 8 nitrogen and oxygen atoms in total. The van der Waals surface area contributed by atoms with E-state index in [1.54, 1.807) is 0 Å². The molecular formula is C17H20N2O6S. The second-order valence-corrected chi connectivity index (χ2v) is 8.50. The van der Waals surface area contributed by atoms with E-state index in [0.717, 1.165) is 4.90 Å². The lowest BCUT2D eigenvalue weighted by Gasteiger charge is -2.30. The van der Waals surface area contributed by atoms with Crippen molar-refractivity contribution in [1.82, 2.24) is 4.31 Å². The SMILES string of the molecule is O=C(O)CC1CCN(S(=O)(=O)c2ccc(N3C(=O)CCC3=O)cc2)CC1. The van der Waals surface area contributed by atoms with E-state index in [0.29, 0.717) is 18.5 Å². The van der Waals surface area contributed by atoms with Crippen molar-refractivity contribution in [3.63, 3.8) is 0 Å². The topological polar surface area (TPSA) is 112 Å². The normalized spacial score (nSPS) is 19.9. The number of piperidine rings is 1. The fraction of sp³-hybridized carbons (Fsp3) is 0.471. The zero-order chi connectivity index (χ0) is 18.9. The lowest BCUT2D eigenvalue weighted by molar-refractivity contribution is -0.138. The van der Waals surface area contributed by atoms with Crippen LogP contribution < -0.4 is 4.90 Å². The van der Waals surface area contributed by atoms with E-state index < -0.39 is 16.0 Å². The average molecular weight is 380 g/mol. The summed E-state index contributed by atoms with van der Waals surface area (Å²) in [5, 5.41) is 8.84. The molecule has 2 heterocycles. The number of amides is 2. The number of hydrogen-bond acceptors (Lipinski definition) is 5. The molecule has 3 rings (SSSR count). The number of hydrogen-bond donors (Lipinski definition) is 1. The van der Waals surface area contributed by atoms with Gasteiger partial charge in [-0.25, -0.2) is 8.42 Å². The maximum atomic E-state index is 12.7. The van der Waals surface area contributed by atoms with Crippen LogP contribution in [0.4, 0.5) is 5.69 Å². The van der Waals surface area contributed by atoms with Gasteiger partial charge in [0.15, 0.2) is 0 Å². The molecule has 140 valence electrons. The largest absolute Gasteiger partial charge is 0.481 e. The minimum Gasteiger partial charge on any atom is -0.481 e. The number of benzene rings is 1. The zero-order valence-corrected chi connectivity index (χ0v) is 14.9. The van der Waals surface area contributed by atoms with E-state index in [-0.39, 0.29) is 55.0 Å². The van der Waals surface area contributed by atoms with E-state index in [2.05, 4.69) is 0 Å². The molecular weight excluding hydrogens is 360 g/mol. The summed E-state index contributed by atoms with van der Waals surface area (Å²) in [7, 11) is -3.68. The van der Waals surface area contributed by atoms with Crippen molar-refractivity contribution in [1.29, 1.82) is 0 Å². The maximum Gasteiger partial charge on any atom is 0.303 e. The smallest absolute Gasteiger partial charge is 0.303 e. The molecule has 2 aliphatic heterocycles. The first-order valence-corrected chi connectivity index (χ1v) is 9.91. The van der Waals surface area contributed by atoms with E-state index in [1.165, 1.54) is 28.6 Å². The zero-order valence-electron chi connectivity index (χ0n) is 14.1. The predicted molar refractivity (Wildman–Crippen MR) is 91.9 cm³/mol. The van der Waals surface area contributed by atoms with Gasteiger partial charge in [-0.3, -0.25) is 19.3 Å². The summed E-state index contributed by atoms with van der Waals surface area (Å²) in [6.45, 7) is 0.566. The third-order valence-electron chi connectivity index (χ3n) is 4.82. The van der Waals surface area contributed by atoms with Crippen LogP contribution in [0.25, 0.3) is 0 Å². The van der Waals surface area contributed by atoms with Gasteiger partial charge in [0.1, 0.15) is 0 Å². The molecule has 26 heavy (non-hydrogen) atoms. The van der Waals surface area contributed by atoms with Crippen molar-refractivity contribution in [3.8, 4) is 0 Å². The Bertz CT molecular complexity index is 809. The van der Waals surface area contributed by atoms with Gasteiger partial charge in [-0.15, -0.1) is 0 Å². The first-order valence-electron chi connectivity index (χ1n) is 8.47. The van der Waals surface area contributed by atoms with Crippen LogP contribution in [-0.4, -0.2) is 48.7 Å². The number of aliphatic carboxylic acids is 1. The van der Waals surface area contributed by atoms with Crippen LogP contribution in [0.1, 0.15) is 32.1 Å². The molecule has 0 aliphatic carbocycles. The Balaban J connectivity index is 1.71. The van der Waals surface area contributed by atoms with E-state index >= 15 is 0 Å². The van der Waals surface area contributed by atoms with Gasteiger partial charge < -0.3 is 5.11 Å². The summed E-state index contributed by atoms with van der Waals surface area (Å²) >= 11 is 0. The van der Waals surface area contributed by atoms with Gasteiger partial charge in [-0.1, -0.05) is 0 Å². The minimum atomic E-state index is -3.68. The molecule has 0 spiro atoms. The highest BCUT2D eigenvalue weighted by Crippen LogP contribution is 2.28. The fourth-order valence-corrected chi connectivity index (χ4v) is 4.85. The van der Waals surface area contributed by atoms with E-state index in [1.807, 2.05) is 0 Å². The Morgan fingerprint density at radius 3 is 2.08 bits per heavy atom. The molecule has 0 unspecified atom stereocenters. The van der Waals surface area contributed by atoms with E-state index in [9.17, 15) is 22.8 Å². The maximum absolute atomic E-state index is 12.7. The number of carboxylic acids is 1. The Morgan fingerprint density at radius 2 is 1.58 bits per heavy atom. The van der Waals surface area contributed by atoms with Crippen LogP contribution in [0.2, 0.25) is 0 Å². The van der Waals surface area contributed by atoms with Crippen molar-refractivity contribution in [3.05, 3.63) is 24.3 Å². The van der Waals surface area contributed by atoms with Crippen molar-refractivity contribution in [2.24, 2.45) is 5.92 Å². The lowest BCUT2D eigenvalue weighted by atomic mass is 9.95. The van der Waals surface area contributed by atoms with Gasteiger partial charge >= 0.3 is 5.97 Å². The standard InChI is InChI=1S/C17H20N2O6S/c20-15-5-6-16(21)19(15)13-1-3-14(4-2-13)26(24,25)18-9-7-12(8-10-18)11-17(22)23/h1-4,12H,5-11H2,(H,22,23). The molecule has 1 N–H and O–H groups in total. The summed E-state index contributed by atoms with van der Waals surface area (Å²) in [5.74, 6) is -1.45. The summed E-state index contributed by atoms with van der Waals surface area (Å²) in [6.07, 6.45) is 1.43. The second kappa shape index (κ2) is 7.16. The van der Waals surface area contributed by atoms with Crippen LogP contribution in [0.5, 0.6) is 0 Å². The van der Waals surface area contributed by atoms with Crippen molar-refractivity contribution in [2.45, 2.75) is 37.0 Å². The Kier molecular flexibility index (Phi) is 5.10. The van der Waals surface area contributed by atoms with Gasteiger partial charge in [0.05, 0.1) is 10.6 Å². The molecule has 0 aromatic heterocycles. The Morgan fingerprint density at radius 1 is 1.04 bits per heavy atom. The summed E-state index contributed by atoms with van der Waals surface area (Å²) in [4.78, 5) is 35.5. The van der Waals surface area contributed by atoms with Crippen LogP contribution in [-0.2, 0) is 24.4 Å². The number of anilines is 1. The Labute approximate surface area is 151 Å². The van der Waals surface area contributed by atoms with Gasteiger partial charge in [0.25, 0.3) is 0 Å². The summed E-state index contributed by atoms with van der Waals surface area (Å²) in [5.41, 5.74) is 0.372. The third-order valence-corrected chi connectivity index (χ3v) is 6.73. The molecule has 2 aliphatic rings. The van der Waals surface area contributed by atoms with Crippen LogP contribution in [0, 0.1) is 5.92 Å². The van der Waals surface area contributed by atoms with Gasteiger partial charge in [-0.05, 0) is 43.0 Å². The van der Waals surface area contributed by atoms with Gasteiger partial charge in [0, 0.05) is 32.4 Å². The number of rotatable bonds is 5. The first kappa shape index (κ1) is 18.5. The van der Waals surface area contributed by atoms with Crippen molar-refractivity contribution >= 4 is 33.5 Å². The molecule has 1 aromatic rings. The molecule has 9 heteroatoms. The highest BCUT2D eigenvalue weighted by Gasteiger charge is 2.32. The molecule has 1 aromatic carbocycles. The number of imide groups is 1. The van der Waals surface area contributed by atoms with Crippen LogP contribution in [0.3, 0.4) is 0 Å². The first-order chi connectivity index (χ1) is 12.3. The van der Waals surface area contributed by atoms with Gasteiger partial charge in [0.2, 0.25) is 21.8 Å². The average Bonchev–Trinajstić information content (AvgIpc) is 2.93. The second-order valence-electron chi connectivity index (χ2n) is 6.56. The quantitative estimate of drug-likeness (QED) is 0.769. The summed E-state index contributed by atoms with van der Waals surface area (Å²) in [6, 6.07) is 5.72. The number of sulfonamides is 1. The number of carboxylic acid groups (broad SMARTS) is 1. The van der Waals surface area contributed by atoms with Crippen molar-refractivity contribution in [2.75, 3.05) is 18.0 Å². The summed E-state index contributed by atoms with van der Waals surface area (Å²) < 4.78 is 26.8. The molecule has 2 fully saturated rings. The molecule has 2 saturated heterocycles. The fourth-order valence-electron chi connectivity index (χ4n) is 3.38. The Hall–Kier alpha value is -2.26.